The van der Waals surface area contributed by atoms with Gasteiger partial charge in [-0.15, -0.1) is 0 Å². The number of nitrogens with one attached hydrogen (secondary N) is 1. The van der Waals surface area contributed by atoms with Gasteiger partial charge in [0.1, 0.15) is 24.2 Å². The molecule has 0 aliphatic carbocycles. The lowest BCUT2D eigenvalue weighted by molar-refractivity contribution is 0.141. The van der Waals surface area contributed by atoms with Crippen LogP contribution in [0.3, 0.4) is 0 Å². The number of ether oxygens (including phenoxy) is 1. The molecule has 1 saturated heterocycles. The van der Waals surface area contributed by atoms with E-state index in [1.54, 1.807) is 29.2 Å². The summed E-state index contributed by atoms with van der Waals surface area (Å²) < 4.78 is 45.8. The van der Waals surface area contributed by atoms with Crippen LogP contribution < -0.4 is 14.4 Å². The van der Waals surface area contributed by atoms with Crippen molar-refractivity contribution >= 4 is 21.7 Å². The normalized spacial score (nSPS) is 14.2. The van der Waals surface area contributed by atoms with Gasteiger partial charge in [-0.25, -0.2) is 22.8 Å². The SMILES string of the molecule is CC(C)(c1ccc(OCc2ccnc(NS(C)(=O)=O)n2)cc1)c1cc(F)c(N2CC(O)C2)c(C#N)c1. The lowest BCUT2D eigenvalue weighted by Crippen LogP contribution is -2.51. The van der Waals surface area contributed by atoms with E-state index in [4.69, 9.17) is 4.74 Å². The van der Waals surface area contributed by atoms with Gasteiger partial charge in [-0.2, -0.15) is 5.26 Å². The summed E-state index contributed by atoms with van der Waals surface area (Å²) in [5.41, 5.74) is 1.91. The van der Waals surface area contributed by atoms with Crippen LogP contribution in [0, 0.1) is 17.1 Å². The zero-order valence-electron chi connectivity index (χ0n) is 20.1. The highest BCUT2D eigenvalue weighted by Crippen LogP contribution is 2.37. The molecule has 0 saturated carbocycles. The maximum absolute atomic E-state index is 15.0. The molecule has 3 aromatic rings. The number of benzene rings is 2. The number of nitriles is 1. The standard InChI is InChI=1S/C25H26FN5O4S/c1-25(2,18-10-16(12-27)23(22(26)11-18)31-13-20(32)14-31)17-4-6-21(7-5-17)35-15-19-8-9-28-24(29-19)30-36(3,33)34/h4-11,20,32H,13-15H2,1-3H3,(H,28,29,30). The van der Waals surface area contributed by atoms with Crippen molar-refractivity contribution in [3.63, 3.8) is 0 Å². The lowest BCUT2D eigenvalue weighted by atomic mass is 9.77. The van der Waals surface area contributed by atoms with E-state index in [2.05, 4.69) is 20.8 Å². The molecule has 1 aromatic heterocycles. The van der Waals surface area contributed by atoms with Gasteiger partial charge in [0.05, 0.1) is 29.3 Å². The number of aromatic nitrogens is 2. The number of rotatable bonds is 8. The maximum Gasteiger partial charge on any atom is 0.236 e. The third-order valence-electron chi connectivity index (χ3n) is 6.04. The number of β-amino-alcohol motifs (C(OH)–C–C–N with tert-alkyl or cyclic N) is 1. The van der Waals surface area contributed by atoms with Crippen molar-refractivity contribution in [1.29, 1.82) is 5.26 Å². The summed E-state index contributed by atoms with van der Waals surface area (Å²) in [4.78, 5) is 9.66. The Kier molecular flexibility index (Phi) is 6.84. The summed E-state index contributed by atoms with van der Waals surface area (Å²) in [6.07, 6.45) is 1.95. The van der Waals surface area contributed by atoms with E-state index in [1.165, 1.54) is 12.3 Å². The molecule has 0 bridgehead atoms. The molecule has 0 spiro atoms. The minimum absolute atomic E-state index is 0.0315. The zero-order chi connectivity index (χ0) is 26.1. The molecular formula is C25H26FN5O4S. The number of hydrogen-bond donors (Lipinski definition) is 2. The highest BCUT2D eigenvalue weighted by Gasteiger charge is 2.31. The van der Waals surface area contributed by atoms with Crippen LogP contribution in [-0.4, -0.2) is 48.9 Å². The molecular weight excluding hydrogens is 485 g/mol. The van der Waals surface area contributed by atoms with Crippen molar-refractivity contribution in [3.05, 3.63) is 76.9 Å². The van der Waals surface area contributed by atoms with Crippen LogP contribution in [0.2, 0.25) is 0 Å². The maximum atomic E-state index is 15.0. The Labute approximate surface area is 209 Å². The summed E-state index contributed by atoms with van der Waals surface area (Å²) in [7, 11) is -3.49. The van der Waals surface area contributed by atoms with Crippen LogP contribution in [0.4, 0.5) is 16.0 Å². The third-order valence-corrected chi connectivity index (χ3v) is 6.59. The Morgan fingerprint density at radius 2 is 1.92 bits per heavy atom. The van der Waals surface area contributed by atoms with Gasteiger partial charge in [0.2, 0.25) is 16.0 Å². The number of anilines is 2. The van der Waals surface area contributed by atoms with Crippen molar-refractivity contribution in [2.75, 3.05) is 29.0 Å². The Morgan fingerprint density at radius 1 is 1.22 bits per heavy atom. The quantitative estimate of drug-likeness (QED) is 0.472. The van der Waals surface area contributed by atoms with Crippen molar-refractivity contribution in [2.45, 2.75) is 32.0 Å². The first-order chi connectivity index (χ1) is 17.0. The molecule has 0 atom stereocenters. The van der Waals surface area contributed by atoms with Gasteiger partial charge >= 0.3 is 0 Å². The first kappa shape index (κ1) is 25.3. The Hall–Kier alpha value is -3.75. The number of nitrogens with zero attached hydrogens (tertiary/aromatic N) is 4. The van der Waals surface area contributed by atoms with Crippen molar-refractivity contribution in [3.8, 4) is 11.8 Å². The average molecular weight is 512 g/mol. The molecule has 2 N–H and O–H groups in total. The first-order valence-corrected chi connectivity index (χ1v) is 13.1. The van der Waals surface area contributed by atoms with Crippen LogP contribution in [0.5, 0.6) is 5.75 Å². The van der Waals surface area contributed by atoms with Crippen LogP contribution in [0.15, 0.2) is 48.7 Å². The highest BCUT2D eigenvalue weighted by atomic mass is 32.2. The second kappa shape index (κ2) is 9.72. The molecule has 9 nitrogen and oxygen atoms in total. The zero-order valence-corrected chi connectivity index (χ0v) is 20.9. The van der Waals surface area contributed by atoms with E-state index >= 15 is 4.39 Å². The highest BCUT2D eigenvalue weighted by molar-refractivity contribution is 7.91. The van der Waals surface area contributed by atoms with Crippen molar-refractivity contribution < 1.29 is 22.7 Å². The molecule has 2 heterocycles. The summed E-state index contributed by atoms with van der Waals surface area (Å²) >= 11 is 0. The Bertz CT molecular complexity index is 1420. The first-order valence-electron chi connectivity index (χ1n) is 11.2. The summed E-state index contributed by atoms with van der Waals surface area (Å²) in [6.45, 7) is 4.61. The van der Waals surface area contributed by atoms with Gasteiger partial charge in [-0.3, -0.25) is 4.72 Å². The predicted molar refractivity (Wildman–Crippen MR) is 133 cm³/mol. The lowest BCUT2D eigenvalue weighted by Gasteiger charge is -2.39. The van der Waals surface area contributed by atoms with Gasteiger partial charge in [0, 0.05) is 24.7 Å². The monoisotopic (exact) mass is 511 g/mol. The fraction of sp³-hybridized carbons (Fsp3) is 0.320. The van der Waals surface area contributed by atoms with Gasteiger partial charge in [-0.05, 0) is 41.5 Å². The minimum atomic E-state index is -3.49. The van der Waals surface area contributed by atoms with Gasteiger partial charge in [0.25, 0.3) is 0 Å². The Balaban J connectivity index is 1.49. The molecule has 4 rings (SSSR count). The average Bonchev–Trinajstić information content (AvgIpc) is 2.80. The summed E-state index contributed by atoms with van der Waals surface area (Å²) in [5, 5.41) is 19.2. The fourth-order valence-corrected chi connectivity index (χ4v) is 4.42. The van der Waals surface area contributed by atoms with E-state index in [9.17, 15) is 18.8 Å². The molecule has 188 valence electrons. The molecule has 11 heteroatoms. The van der Waals surface area contributed by atoms with E-state index in [0.717, 1.165) is 11.8 Å². The van der Waals surface area contributed by atoms with Gasteiger partial charge in [-0.1, -0.05) is 26.0 Å². The fourth-order valence-electron chi connectivity index (χ4n) is 3.99. The van der Waals surface area contributed by atoms with E-state index in [0.29, 0.717) is 30.1 Å². The van der Waals surface area contributed by atoms with E-state index < -0.39 is 27.4 Å². The smallest absolute Gasteiger partial charge is 0.236 e. The van der Waals surface area contributed by atoms with Gasteiger partial charge in [0.15, 0.2) is 0 Å². The van der Waals surface area contributed by atoms with Crippen molar-refractivity contribution in [2.24, 2.45) is 0 Å². The predicted octanol–water partition coefficient (Wildman–Crippen LogP) is 2.94. The second-order valence-corrected chi connectivity index (χ2v) is 11.0. The molecule has 1 aliphatic rings. The van der Waals surface area contributed by atoms with Crippen LogP contribution in [0.25, 0.3) is 0 Å². The van der Waals surface area contributed by atoms with Crippen LogP contribution >= 0.6 is 0 Å². The third kappa shape index (κ3) is 5.56. The Morgan fingerprint density at radius 3 is 2.53 bits per heavy atom. The van der Waals surface area contributed by atoms with E-state index in [1.807, 2.05) is 26.0 Å². The summed E-state index contributed by atoms with van der Waals surface area (Å²) in [5.74, 6) is 0.0518. The summed E-state index contributed by atoms with van der Waals surface area (Å²) in [6, 6.07) is 14.2. The number of aliphatic hydroxyl groups is 1. The molecule has 2 aromatic carbocycles. The number of halogens is 1. The molecule has 1 aliphatic heterocycles. The molecule has 0 unspecified atom stereocenters. The topological polar surface area (TPSA) is 128 Å². The number of hydrogen-bond acceptors (Lipinski definition) is 8. The van der Waals surface area contributed by atoms with Crippen molar-refractivity contribution in [1.82, 2.24) is 9.97 Å². The minimum Gasteiger partial charge on any atom is -0.487 e. The largest absolute Gasteiger partial charge is 0.487 e. The molecule has 0 radical (unpaired) electrons. The molecule has 1 fully saturated rings. The van der Waals surface area contributed by atoms with Gasteiger partial charge < -0.3 is 14.7 Å². The second-order valence-electron chi connectivity index (χ2n) is 9.21. The number of aliphatic hydroxyl groups excluding tert-OH is 1. The van der Waals surface area contributed by atoms with Crippen LogP contribution in [-0.2, 0) is 22.0 Å². The number of sulfonamides is 1. The van der Waals surface area contributed by atoms with Crippen LogP contribution in [0.1, 0.15) is 36.2 Å². The molecule has 36 heavy (non-hydrogen) atoms. The molecule has 0 amide bonds. The van der Waals surface area contributed by atoms with E-state index in [-0.39, 0.29) is 23.8 Å².